The van der Waals surface area contributed by atoms with Crippen molar-refractivity contribution >= 4 is 32.4 Å². The predicted octanol–water partition coefficient (Wildman–Crippen LogP) is 2.04. The molecule has 162 valence electrons. The van der Waals surface area contributed by atoms with Crippen molar-refractivity contribution in [1.29, 1.82) is 0 Å². The van der Waals surface area contributed by atoms with Gasteiger partial charge in [-0.1, -0.05) is 47.2 Å². The molecule has 0 spiro atoms. The predicted molar refractivity (Wildman–Crippen MR) is 95.2 cm³/mol. The van der Waals surface area contributed by atoms with Crippen molar-refractivity contribution in [3.05, 3.63) is 0 Å². The summed E-state index contributed by atoms with van der Waals surface area (Å²) < 4.78 is 66.0. The van der Waals surface area contributed by atoms with Gasteiger partial charge in [0.15, 0.2) is 11.6 Å². The molecule has 0 N–H and O–H groups in total. The van der Waals surface area contributed by atoms with E-state index in [0.29, 0.717) is 25.7 Å². The highest BCUT2D eigenvalue weighted by Crippen LogP contribution is 2.36. The lowest BCUT2D eigenvalue weighted by Gasteiger charge is -2.33. The van der Waals surface area contributed by atoms with Crippen molar-refractivity contribution in [1.82, 2.24) is 0 Å². The maximum Gasteiger partial charge on any atom is 0.428 e. The van der Waals surface area contributed by atoms with Gasteiger partial charge in [0.05, 0.1) is 0 Å². The molecule has 0 aromatic carbocycles. The zero-order valence-electron chi connectivity index (χ0n) is 16.0. The Kier molecular flexibility index (Phi) is 7.37. The molecule has 0 amide bonds. The van der Waals surface area contributed by atoms with E-state index < -0.39 is 43.6 Å². The number of ketones is 2. The van der Waals surface area contributed by atoms with Crippen molar-refractivity contribution in [3.63, 3.8) is 0 Å². The molecule has 2 fully saturated rings. The van der Waals surface area contributed by atoms with Gasteiger partial charge < -0.3 is 0 Å². The number of carbonyl (C=O) groups is 2. The van der Waals surface area contributed by atoms with Gasteiger partial charge in [-0.3, -0.25) is 9.59 Å². The van der Waals surface area contributed by atoms with Crippen molar-refractivity contribution < 1.29 is 43.5 Å². The lowest BCUT2D eigenvalue weighted by atomic mass is 9.82. The van der Waals surface area contributed by atoms with Gasteiger partial charge >= 0.3 is 20.8 Å². The first-order chi connectivity index (χ1) is 12.9. The van der Waals surface area contributed by atoms with Crippen LogP contribution < -0.4 is 0 Å². The average molecular weight is 443 g/mol. The van der Waals surface area contributed by atoms with Crippen LogP contribution in [0.3, 0.4) is 0 Å². The molecular formula is C16H26O10S2. The van der Waals surface area contributed by atoms with Crippen molar-refractivity contribution in [2.75, 3.05) is 0 Å². The summed E-state index contributed by atoms with van der Waals surface area (Å²) in [6, 6.07) is 0. The van der Waals surface area contributed by atoms with Gasteiger partial charge in [0, 0.05) is 0 Å². The topological polar surface area (TPSA) is 139 Å². The Morgan fingerprint density at radius 3 is 1.14 bits per heavy atom. The van der Waals surface area contributed by atoms with Gasteiger partial charge in [-0.25, -0.2) is 8.37 Å². The Balaban J connectivity index is 2.06. The smallest absolute Gasteiger partial charge is 0.297 e. The first-order valence-electron chi connectivity index (χ1n) is 9.23. The maximum atomic E-state index is 12.1. The van der Waals surface area contributed by atoms with Gasteiger partial charge in [0.2, 0.25) is 0 Å². The molecule has 0 atom stereocenters. The van der Waals surface area contributed by atoms with Crippen molar-refractivity contribution in [2.24, 2.45) is 0 Å². The number of rotatable bonds is 9. The van der Waals surface area contributed by atoms with Crippen LogP contribution in [0.15, 0.2) is 0 Å². The Bertz CT molecular complexity index is 719. The molecule has 10 nitrogen and oxygen atoms in total. The second-order valence-corrected chi connectivity index (χ2v) is 9.58. The first-order valence-corrected chi connectivity index (χ1v) is 11.9. The molecular weight excluding hydrogens is 416 g/mol. The molecule has 2 aliphatic rings. The molecule has 0 saturated heterocycles. The van der Waals surface area contributed by atoms with Gasteiger partial charge in [0.1, 0.15) is 11.2 Å². The highest BCUT2D eigenvalue weighted by atomic mass is 32.3. The van der Waals surface area contributed by atoms with E-state index in [-0.39, 0.29) is 25.7 Å². The summed E-state index contributed by atoms with van der Waals surface area (Å²) in [4.78, 5) is 23.8. The Hall–Kier alpha value is -0.920. The highest BCUT2D eigenvalue weighted by molar-refractivity contribution is 7.84. The molecule has 2 rings (SSSR count). The maximum absolute atomic E-state index is 12.1. The van der Waals surface area contributed by atoms with Crippen LogP contribution >= 0.6 is 0 Å². The third-order valence-corrected chi connectivity index (χ3v) is 6.93. The second-order valence-electron chi connectivity index (χ2n) is 7.34. The lowest BCUT2D eigenvalue weighted by Crippen LogP contribution is -2.45. The standard InChI is InChI=1S/C16H26O10S2/c1-13(17)15(9-5-3-6-10-15)23-27(19,20)25-26-28(21,22)24-16(14(2)18)11-7-4-8-12-16/h3-12H2,1-2H3. The lowest BCUT2D eigenvalue weighted by molar-refractivity contribution is -0.152. The minimum Gasteiger partial charge on any atom is -0.297 e. The Labute approximate surface area is 165 Å². The highest BCUT2D eigenvalue weighted by Gasteiger charge is 2.45. The third kappa shape index (κ3) is 5.80. The summed E-state index contributed by atoms with van der Waals surface area (Å²) >= 11 is 0. The monoisotopic (exact) mass is 442 g/mol. The number of carbonyl (C=O) groups excluding carboxylic acids is 2. The van der Waals surface area contributed by atoms with E-state index in [4.69, 9.17) is 8.37 Å². The molecule has 0 radical (unpaired) electrons. The normalized spacial score (nSPS) is 22.5. The fraction of sp³-hybridized carbons (Fsp3) is 0.875. The molecule has 2 saturated carbocycles. The average Bonchev–Trinajstić information content (AvgIpc) is 2.61. The van der Waals surface area contributed by atoms with Crippen LogP contribution in [0, 0.1) is 0 Å². The number of hydrogen-bond donors (Lipinski definition) is 0. The van der Waals surface area contributed by atoms with E-state index in [9.17, 15) is 26.4 Å². The summed E-state index contributed by atoms with van der Waals surface area (Å²) in [5.41, 5.74) is -3.20. The third-order valence-electron chi connectivity index (χ3n) is 5.32. The van der Waals surface area contributed by atoms with E-state index in [1.807, 2.05) is 0 Å². The molecule has 2 aliphatic carbocycles. The molecule has 0 aromatic heterocycles. The van der Waals surface area contributed by atoms with E-state index in [0.717, 1.165) is 12.8 Å². The van der Waals surface area contributed by atoms with Crippen LogP contribution in [0.5, 0.6) is 0 Å². The van der Waals surface area contributed by atoms with E-state index in [1.165, 1.54) is 13.8 Å². The summed E-state index contributed by atoms with van der Waals surface area (Å²) in [6.45, 7) is 2.39. The molecule has 0 bridgehead atoms. The number of hydrogen-bond acceptors (Lipinski definition) is 10. The minimum absolute atomic E-state index is 0.168. The van der Waals surface area contributed by atoms with Gasteiger partial charge in [-0.2, -0.15) is 16.8 Å². The zero-order chi connectivity index (χ0) is 21.1. The fourth-order valence-corrected chi connectivity index (χ4v) is 5.67. The van der Waals surface area contributed by atoms with Crippen LogP contribution in [0.2, 0.25) is 0 Å². The van der Waals surface area contributed by atoms with E-state index in [1.54, 1.807) is 0 Å². The molecule has 0 heterocycles. The van der Waals surface area contributed by atoms with Crippen LogP contribution in [0.4, 0.5) is 0 Å². The van der Waals surface area contributed by atoms with Crippen molar-refractivity contribution in [3.8, 4) is 0 Å². The van der Waals surface area contributed by atoms with E-state index in [2.05, 4.69) is 8.67 Å². The summed E-state index contributed by atoms with van der Waals surface area (Å²) in [7, 11) is -9.97. The molecule has 0 aromatic rings. The number of Topliss-reactive ketones (excluding diaryl/α,β-unsaturated/α-hetero) is 2. The van der Waals surface area contributed by atoms with E-state index >= 15 is 0 Å². The second kappa shape index (κ2) is 8.84. The molecule has 0 aliphatic heterocycles. The van der Waals surface area contributed by atoms with Crippen molar-refractivity contribution in [2.45, 2.75) is 89.3 Å². The first kappa shape index (κ1) is 23.4. The summed E-state index contributed by atoms with van der Waals surface area (Å²) in [5.74, 6) is -1.01. The SMILES string of the molecule is CC(=O)C1(OS(=O)(=O)OOS(=O)(=O)OC2(C(C)=O)CCCCC2)CCCCC1. The van der Waals surface area contributed by atoms with Gasteiger partial charge in [0.25, 0.3) is 0 Å². The van der Waals surface area contributed by atoms with Crippen LogP contribution in [-0.4, -0.2) is 39.6 Å². The molecule has 28 heavy (non-hydrogen) atoms. The summed E-state index contributed by atoms with van der Waals surface area (Å²) in [5, 5.41) is 0. The summed E-state index contributed by atoms with van der Waals surface area (Å²) in [6.07, 6.45) is 4.65. The largest absolute Gasteiger partial charge is 0.428 e. The van der Waals surface area contributed by atoms with Gasteiger partial charge in [-0.15, -0.1) is 0 Å². The molecule has 12 heteroatoms. The van der Waals surface area contributed by atoms with Crippen LogP contribution in [0.25, 0.3) is 0 Å². The van der Waals surface area contributed by atoms with Crippen LogP contribution in [-0.2, 0) is 47.4 Å². The quantitative estimate of drug-likeness (QED) is 0.385. The van der Waals surface area contributed by atoms with Crippen LogP contribution in [0.1, 0.15) is 78.1 Å². The fourth-order valence-electron chi connectivity index (χ4n) is 3.72. The minimum atomic E-state index is -4.99. The molecule has 0 unspecified atom stereocenters. The Morgan fingerprint density at radius 2 is 0.893 bits per heavy atom. The Morgan fingerprint density at radius 1 is 0.607 bits per heavy atom. The van der Waals surface area contributed by atoms with Gasteiger partial charge in [-0.05, 0) is 39.5 Å². The zero-order valence-corrected chi connectivity index (χ0v) is 17.6.